The third-order valence-electron chi connectivity index (χ3n) is 3.74. The minimum atomic E-state index is -0.291. The molecule has 1 amide bonds. The molecular weight excluding hydrogens is 458 g/mol. The molecule has 0 aliphatic rings. The molecule has 0 aliphatic heterocycles. The Balaban J connectivity index is 0.00000364. The number of rotatable bonds is 7. The lowest BCUT2D eigenvalue weighted by atomic mass is 10.1. The molecule has 0 fully saturated rings. The Morgan fingerprint density at radius 3 is 2.56 bits per heavy atom. The summed E-state index contributed by atoms with van der Waals surface area (Å²) in [6, 6.07) is 14.3. The fourth-order valence-corrected chi connectivity index (χ4v) is 2.37. The zero-order valence-corrected chi connectivity index (χ0v) is 17.9. The van der Waals surface area contributed by atoms with E-state index in [-0.39, 0.29) is 48.8 Å². The Labute approximate surface area is 176 Å². The van der Waals surface area contributed by atoms with Crippen molar-refractivity contribution in [2.24, 2.45) is 4.99 Å². The van der Waals surface area contributed by atoms with E-state index >= 15 is 0 Å². The van der Waals surface area contributed by atoms with E-state index in [4.69, 9.17) is 0 Å². The highest BCUT2D eigenvalue weighted by atomic mass is 127. The van der Waals surface area contributed by atoms with Crippen LogP contribution in [0.1, 0.15) is 25.0 Å². The summed E-state index contributed by atoms with van der Waals surface area (Å²) in [5.41, 5.74) is 2.44. The van der Waals surface area contributed by atoms with Crippen LogP contribution in [0.3, 0.4) is 0 Å². The van der Waals surface area contributed by atoms with Gasteiger partial charge in [-0.25, -0.2) is 9.38 Å². The molecule has 0 unspecified atom stereocenters. The third kappa shape index (κ3) is 7.94. The number of nitrogens with one attached hydrogen (secondary N) is 3. The highest BCUT2D eigenvalue weighted by Crippen LogP contribution is 2.10. The first kappa shape index (κ1) is 22.9. The Kier molecular flexibility index (Phi) is 10.4. The van der Waals surface area contributed by atoms with E-state index in [0.717, 1.165) is 17.7 Å². The van der Waals surface area contributed by atoms with Crippen molar-refractivity contribution in [3.8, 4) is 0 Å². The molecule has 2 rings (SSSR count). The molecule has 3 N–H and O–H groups in total. The van der Waals surface area contributed by atoms with Crippen LogP contribution in [-0.4, -0.2) is 25.0 Å². The zero-order valence-electron chi connectivity index (χ0n) is 15.6. The molecule has 27 heavy (non-hydrogen) atoms. The molecule has 5 nitrogen and oxygen atoms in total. The second-order valence-corrected chi connectivity index (χ2v) is 5.74. The second kappa shape index (κ2) is 12.3. The van der Waals surface area contributed by atoms with Crippen molar-refractivity contribution in [3.63, 3.8) is 0 Å². The van der Waals surface area contributed by atoms with Crippen LogP contribution in [0.5, 0.6) is 0 Å². The molecule has 0 aromatic heterocycles. The Hall–Kier alpha value is -2.16. The monoisotopic (exact) mass is 484 g/mol. The van der Waals surface area contributed by atoms with Crippen LogP contribution >= 0.6 is 24.0 Å². The van der Waals surface area contributed by atoms with E-state index in [1.165, 1.54) is 6.07 Å². The lowest BCUT2D eigenvalue weighted by molar-refractivity contribution is -0.115. The van der Waals surface area contributed by atoms with Gasteiger partial charge in [0.1, 0.15) is 5.82 Å². The van der Waals surface area contributed by atoms with Gasteiger partial charge in [0.15, 0.2) is 5.96 Å². The van der Waals surface area contributed by atoms with Crippen molar-refractivity contribution in [3.05, 3.63) is 65.5 Å². The van der Waals surface area contributed by atoms with Crippen LogP contribution < -0.4 is 16.0 Å². The molecule has 0 heterocycles. The molecule has 146 valence electrons. The number of aryl methyl sites for hydroxylation is 1. The van der Waals surface area contributed by atoms with Crippen LogP contribution in [0.2, 0.25) is 0 Å². The summed E-state index contributed by atoms with van der Waals surface area (Å²) in [5, 5.41) is 8.86. The number of carbonyl (C=O) groups is 1. The average molecular weight is 484 g/mol. The number of guanidine groups is 1. The van der Waals surface area contributed by atoms with Gasteiger partial charge in [0.2, 0.25) is 5.91 Å². The first-order chi connectivity index (χ1) is 12.6. The smallest absolute Gasteiger partial charge is 0.243 e. The summed E-state index contributed by atoms with van der Waals surface area (Å²) < 4.78 is 13.7. The molecule has 0 aliphatic carbocycles. The van der Waals surface area contributed by atoms with Crippen LogP contribution in [0.25, 0.3) is 0 Å². The summed E-state index contributed by atoms with van der Waals surface area (Å²) in [4.78, 5) is 16.5. The van der Waals surface area contributed by atoms with Gasteiger partial charge in [-0.2, -0.15) is 0 Å². The third-order valence-corrected chi connectivity index (χ3v) is 3.74. The van der Waals surface area contributed by atoms with Gasteiger partial charge in [-0.3, -0.25) is 4.79 Å². The first-order valence-corrected chi connectivity index (χ1v) is 8.76. The molecule has 0 saturated heterocycles. The molecule has 2 aromatic rings. The molecule has 0 saturated carbocycles. The van der Waals surface area contributed by atoms with Gasteiger partial charge in [0.05, 0.1) is 13.1 Å². The number of nitrogens with zero attached hydrogens (tertiary/aromatic N) is 1. The quantitative estimate of drug-likeness (QED) is 0.319. The molecule has 0 atom stereocenters. The fourth-order valence-electron chi connectivity index (χ4n) is 2.37. The van der Waals surface area contributed by atoms with Crippen LogP contribution in [0, 0.1) is 5.82 Å². The minimum Gasteiger partial charge on any atom is -0.357 e. The standard InChI is InChI=1S/C20H25FN4O.HI/c1-3-15-8-7-10-17(12-15)25-19(26)14-24-20(22-4-2)23-13-16-9-5-6-11-18(16)21;/h5-12H,3-4,13-14H2,1-2H3,(H,25,26)(H2,22,23,24);1H. The van der Waals surface area contributed by atoms with Crippen molar-refractivity contribution in [1.29, 1.82) is 0 Å². The predicted octanol–water partition coefficient (Wildman–Crippen LogP) is 3.70. The van der Waals surface area contributed by atoms with E-state index in [1.807, 2.05) is 31.2 Å². The summed E-state index contributed by atoms with van der Waals surface area (Å²) in [6.07, 6.45) is 0.912. The Bertz CT molecular complexity index is 767. The van der Waals surface area contributed by atoms with Crippen LogP contribution in [0.15, 0.2) is 53.5 Å². The van der Waals surface area contributed by atoms with Crippen molar-refractivity contribution in [2.45, 2.75) is 26.8 Å². The number of amides is 1. The normalized spacial score (nSPS) is 10.7. The summed E-state index contributed by atoms with van der Waals surface area (Å²) >= 11 is 0. The molecular formula is C20H26FIN4O. The van der Waals surface area contributed by atoms with E-state index in [9.17, 15) is 9.18 Å². The fraction of sp³-hybridized carbons (Fsp3) is 0.300. The maximum atomic E-state index is 13.7. The van der Waals surface area contributed by atoms with Gasteiger partial charge in [-0.1, -0.05) is 37.3 Å². The molecule has 0 radical (unpaired) electrons. The van der Waals surface area contributed by atoms with E-state index in [2.05, 4.69) is 27.9 Å². The molecule has 0 bridgehead atoms. The van der Waals surface area contributed by atoms with Crippen LogP contribution in [-0.2, 0) is 17.8 Å². The number of aliphatic imine (C=N–C) groups is 1. The van der Waals surface area contributed by atoms with Gasteiger partial charge in [0.25, 0.3) is 0 Å². The minimum absolute atomic E-state index is 0. The van der Waals surface area contributed by atoms with Crippen molar-refractivity contribution in [1.82, 2.24) is 10.6 Å². The molecule has 2 aromatic carbocycles. The predicted molar refractivity (Wildman–Crippen MR) is 119 cm³/mol. The lowest BCUT2D eigenvalue weighted by Crippen LogP contribution is -2.41. The van der Waals surface area contributed by atoms with E-state index in [1.54, 1.807) is 18.2 Å². The van der Waals surface area contributed by atoms with Crippen molar-refractivity contribution in [2.75, 3.05) is 18.4 Å². The largest absolute Gasteiger partial charge is 0.357 e. The highest BCUT2D eigenvalue weighted by Gasteiger charge is 2.06. The number of hydrogen-bond acceptors (Lipinski definition) is 2. The van der Waals surface area contributed by atoms with Crippen LogP contribution in [0.4, 0.5) is 10.1 Å². The van der Waals surface area contributed by atoms with Gasteiger partial charge >= 0.3 is 0 Å². The first-order valence-electron chi connectivity index (χ1n) is 8.76. The lowest BCUT2D eigenvalue weighted by Gasteiger charge is -2.12. The zero-order chi connectivity index (χ0) is 18.8. The van der Waals surface area contributed by atoms with E-state index < -0.39 is 0 Å². The number of carbonyl (C=O) groups excluding carboxylic acids is 1. The number of anilines is 1. The Morgan fingerprint density at radius 2 is 1.85 bits per heavy atom. The number of benzene rings is 2. The van der Waals surface area contributed by atoms with Gasteiger partial charge in [-0.05, 0) is 37.1 Å². The molecule has 7 heteroatoms. The van der Waals surface area contributed by atoms with E-state index in [0.29, 0.717) is 18.1 Å². The maximum Gasteiger partial charge on any atom is 0.243 e. The number of hydrogen-bond donors (Lipinski definition) is 3. The summed E-state index contributed by atoms with van der Waals surface area (Å²) in [6.45, 7) is 4.90. The average Bonchev–Trinajstić information content (AvgIpc) is 2.65. The van der Waals surface area contributed by atoms with Gasteiger partial charge in [0, 0.05) is 17.8 Å². The number of halogens is 2. The summed E-state index contributed by atoms with van der Waals surface area (Å²) in [7, 11) is 0. The summed E-state index contributed by atoms with van der Waals surface area (Å²) in [5.74, 6) is 0.00334. The Morgan fingerprint density at radius 1 is 1.07 bits per heavy atom. The van der Waals surface area contributed by atoms with Gasteiger partial charge < -0.3 is 16.0 Å². The van der Waals surface area contributed by atoms with Crippen molar-refractivity contribution >= 4 is 41.5 Å². The SMILES string of the molecule is CCNC(=NCc1ccccc1F)NCC(=O)Nc1cccc(CC)c1.I. The molecule has 0 spiro atoms. The topological polar surface area (TPSA) is 65.5 Å². The van der Waals surface area contributed by atoms with Gasteiger partial charge in [-0.15, -0.1) is 24.0 Å². The highest BCUT2D eigenvalue weighted by molar-refractivity contribution is 14.0. The maximum absolute atomic E-state index is 13.7. The van der Waals surface area contributed by atoms with Crippen molar-refractivity contribution < 1.29 is 9.18 Å². The second-order valence-electron chi connectivity index (χ2n) is 5.74.